The number of esters is 1. The van der Waals surface area contributed by atoms with E-state index in [1.54, 1.807) is 37.4 Å². The molecule has 0 bridgehead atoms. The fraction of sp³-hybridized carbons (Fsp3) is 0.294. The highest BCUT2D eigenvalue weighted by Gasteiger charge is 2.19. The number of aliphatic hydroxyl groups excluding tert-OH is 1. The van der Waals surface area contributed by atoms with Crippen molar-refractivity contribution in [3.8, 4) is 0 Å². The minimum Gasteiger partial charge on any atom is -0.462 e. The second kappa shape index (κ2) is 8.14. The molecule has 0 aliphatic carbocycles. The zero-order valence-electron chi connectivity index (χ0n) is 13.0. The molecule has 0 aliphatic heterocycles. The van der Waals surface area contributed by atoms with Crippen LogP contribution in [0.15, 0.2) is 36.5 Å². The van der Waals surface area contributed by atoms with Gasteiger partial charge in [-0.1, -0.05) is 18.2 Å². The van der Waals surface area contributed by atoms with E-state index < -0.39 is 5.97 Å². The van der Waals surface area contributed by atoms with Gasteiger partial charge in [0.15, 0.2) is 0 Å². The lowest BCUT2D eigenvalue weighted by Gasteiger charge is -2.08. The molecule has 3 N–H and O–H groups in total. The average molecular weight is 316 g/mol. The zero-order valence-corrected chi connectivity index (χ0v) is 13.0. The Bertz CT molecular complexity index is 664. The Morgan fingerprint density at radius 1 is 1.22 bits per heavy atom. The van der Waals surface area contributed by atoms with Crippen LogP contribution in [0.1, 0.15) is 39.3 Å². The first-order valence-corrected chi connectivity index (χ1v) is 7.46. The van der Waals surface area contributed by atoms with E-state index in [9.17, 15) is 9.59 Å². The van der Waals surface area contributed by atoms with Crippen LogP contribution >= 0.6 is 0 Å². The fourth-order valence-electron chi connectivity index (χ4n) is 2.12. The summed E-state index contributed by atoms with van der Waals surface area (Å²) in [5, 5.41) is 11.4. The number of aromatic nitrogens is 1. The molecule has 1 aromatic carbocycles. The van der Waals surface area contributed by atoms with Crippen molar-refractivity contribution in [2.75, 3.05) is 18.5 Å². The molecule has 6 nitrogen and oxygen atoms in total. The van der Waals surface area contributed by atoms with E-state index in [2.05, 4.69) is 10.3 Å². The Morgan fingerprint density at radius 3 is 2.65 bits per heavy atom. The van der Waals surface area contributed by atoms with Crippen LogP contribution in [0.2, 0.25) is 0 Å². The molecular formula is C17H20N2O4. The van der Waals surface area contributed by atoms with Crippen molar-refractivity contribution in [2.24, 2.45) is 0 Å². The summed E-state index contributed by atoms with van der Waals surface area (Å²) in [7, 11) is 0. The molecule has 0 atom stereocenters. The molecule has 0 saturated heterocycles. The molecule has 1 amide bonds. The standard InChI is InChI=1S/C17H20N2O4/c1-12-15(17(22)23-10-6-5-9-20)14(11-18-12)19-16(21)13-7-3-2-4-8-13/h2-4,7-8,11,18,20H,5-6,9-10H2,1H3,(H,19,21). The summed E-state index contributed by atoms with van der Waals surface area (Å²) >= 11 is 0. The molecule has 6 heteroatoms. The van der Waals surface area contributed by atoms with Gasteiger partial charge in [0.25, 0.3) is 5.91 Å². The molecule has 2 rings (SSSR count). The third-order valence-electron chi connectivity index (χ3n) is 3.35. The van der Waals surface area contributed by atoms with Gasteiger partial charge in [0, 0.05) is 24.1 Å². The van der Waals surface area contributed by atoms with Gasteiger partial charge in [0.2, 0.25) is 0 Å². The summed E-state index contributed by atoms with van der Waals surface area (Å²) in [4.78, 5) is 27.3. The number of rotatable bonds is 7. The van der Waals surface area contributed by atoms with Crippen molar-refractivity contribution in [2.45, 2.75) is 19.8 Å². The van der Waals surface area contributed by atoms with Crippen LogP contribution in [0.5, 0.6) is 0 Å². The summed E-state index contributed by atoms with van der Waals surface area (Å²) in [5.41, 5.74) is 1.84. The Labute approximate surface area is 134 Å². The van der Waals surface area contributed by atoms with Gasteiger partial charge in [-0.3, -0.25) is 4.79 Å². The lowest BCUT2D eigenvalue weighted by molar-refractivity contribution is 0.0493. The van der Waals surface area contributed by atoms with Crippen molar-refractivity contribution < 1.29 is 19.4 Å². The van der Waals surface area contributed by atoms with E-state index in [0.29, 0.717) is 35.3 Å². The molecule has 0 saturated carbocycles. The summed E-state index contributed by atoms with van der Waals surface area (Å²) in [6.45, 7) is 2.04. The number of H-pyrrole nitrogens is 1. The van der Waals surface area contributed by atoms with Crippen molar-refractivity contribution in [3.05, 3.63) is 53.3 Å². The summed E-state index contributed by atoms with van der Waals surface area (Å²) in [6.07, 6.45) is 2.74. The number of hydrogen-bond acceptors (Lipinski definition) is 4. The molecule has 1 aromatic heterocycles. The van der Waals surface area contributed by atoms with Crippen molar-refractivity contribution in [1.82, 2.24) is 4.98 Å². The van der Waals surface area contributed by atoms with E-state index in [1.807, 2.05) is 6.07 Å². The molecule has 0 spiro atoms. The van der Waals surface area contributed by atoms with Gasteiger partial charge in [-0.15, -0.1) is 0 Å². The molecule has 122 valence electrons. The predicted octanol–water partition coefficient (Wildman–Crippen LogP) is 2.50. The number of anilines is 1. The highest BCUT2D eigenvalue weighted by molar-refractivity contribution is 6.08. The number of carbonyl (C=O) groups is 2. The van der Waals surface area contributed by atoms with Crippen molar-refractivity contribution in [1.29, 1.82) is 0 Å². The Balaban J connectivity index is 2.06. The second-order valence-electron chi connectivity index (χ2n) is 5.09. The number of hydrogen-bond donors (Lipinski definition) is 3. The lowest BCUT2D eigenvalue weighted by atomic mass is 10.2. The lowest BCUT2D eigenvalue weighted by Crippen LogP contribution is -2.15. The van der Waals surface area contributed by atoms with Crippen LogP contribution in [-0.2, 0) is 4.74 Å². The van der Waals surface area contributed by atoms with E-state index >= 15 is 0 Å². The third kappa shape index (κ3) is 4.43. The first-order valence-electron chi connectivity index (χ1n) is 7.46. The number of benzene rings is 1. The SMILES string of the molecule is Cc1[nH]cc(NC(=O)c2ccccc2)c1C(=O)OCCCCO. The molecule has 0 aliphatic rings. The highest BCUT2D eigenvalue weighted by atomic mass is 16.5. The smallest absolute Gasteiger partial charge is 0.342 e. The summed E-state index contributed by atoms with van der Waals surface area (Å²) in [5.74, 6) is -0.788. The molecular weight excluding hydrogens is 296 g/mol. The number of amides is 1. The van der Waals surface area contributed by atoms with Gasteiger partial charge in [-0.25, -0.2) is 4.79 Å². The Hall–Kier alpha value is -2.60. The molecule has 0 fully saturated rings. The molecule has 2 aromatic rings. The van der Waals surface area contributed by atoms with Crippen molar-refractivity contribution in [3.63, 3.8) is 0 Å². The van der Waals surface area contributed by atoms with Crippen LogP contribution in [0, 0.1) is 6.92 Å². The van der Waals surface area contributed by atoms with Gasteiger partial charge in [-0.2, -0.15) is 0 Å². The molecule has 0 radical (unpaired) electrons. The largest absolute Gasteiger partial charge is 0.462 e. The first kappa shape index (κ1) is 16.8. The van der Waals surface area contributed by atoms with E-state index in [4.69, 9.17) is 9.84 Å². The average Bonchev–Trinajstić information content (AvgIpc) is 2.92. The highest BCUT2D eigenvalue weighted by Crippen LogP contribution is 2.21. The number of unbranched alkanes of at least 4 members (excludes halogenated alkanes) is 1. The zero-order chi connectivity index (χ0) is 16.7. The normalized spacial score (nSPS) is 10.3. The van der Waals surface area contributed by atoms with E-state index in [0.717, 1.165) is 0 Å². The van der Waals surface area contributed by atoms with Crippen molar-refractivity contribution >= 4 is 17.6 Å². The maximum Gasteiger partial charge on any atom is 0.342 e. The van der Waals surface area contributed by atoms with E-state index in [1.165, 1.54) is 0 Å². The monoisotopic (exact) mass is 316 g/mol. The second-order valence-corrected chi connectivity index (χ2v) is 5.09. The maximum atomic E-state index is 12.2. The Kier molecular flexibility index (Phi) is 5.94. The third-order valence-corrected chi connectivity index (χ3v) is 3.35. The van der Waals surface area contributed by atoms with Crippen LogP contribution in [0.3, 0.4) is 0 Å². The fourth-order valence-corrected chi connectivity index (χ4v) is 2.12. The van der Waals surface area contributed by atoms with Gasteiger partial charge in [-0.05, 0) is 31.9 Å². The number of nitrogens with one attached hydrogen (secondary N) is 2. The van der Waals surface area contributed by atoms with Gasteiger partial charge in [0.05, 0.1) is 12.3 Å². The van der Waals surface area contributed by atoms with Crippen LogP contribution in [0.25, 0.3) is 0 Å². The van der Waals surface area contributed by atoms with Crippen LogP contribution < -0.4 is 5.32 Å². The molecule has 0 unspecified atom stereocenters. The van der Waals surface area contributed by atoms with Gasteiger partial charge < -0.3 is 20.1 Å². The molecule has 23 heavy (non-hydrogen) atoms. The minimum atomic E-state index is -0.495. The maximum absolute atomic E-state index is 12.2. The van der Waals surface area contributed by atoms with Crippen LogP contribution in [-0.4, -0.2) is 35.2 Å². The summed E-state index contributed by atoms with van der Waals surface area (Å²) < 4.78 is 5.18. The number of aromatic amines is 1. The van der Waals surface area contributed by atoms with Crippen LogP contribution in [0.4, 0.5) is 5.69 Å². The van der Waals surface area contributed by atoms with Gasteiger partial charge >= 0.3 is 5.97 Å². The number of carbonyl (C=O) groups excluding carboxylic acids is 2. The minimum absolute atomic E-state index is 0.0686. The quantitative estimate of drug-likeness (QED) is 0.540. The summed E-state index contributed by atoms with van der Waals surface area (Å²) in [6, 6.07) is 8.76. The first-order chi connectivity index (χ1) is 11.1. The Morgan fingerprint density at radius 2 is 1.96 bits per heavy atom. The number of aliphatic hydroxyl groups is 1. The topological polar surface area (TPSA) is 91.4 Å². The molecule has 1 heterocycles. The number of ether oxygens (including phenoxy) is 1. The van der Waals surface area contributed by atoms with Gasteiger partial charge in [0.1, 0.15) is 5.56 Å². The number of aryl methyl sites for hydroxylation is 1. The predicted molar refractivity (Wildman–Crippen MR) is 86.5 cm³/mol. The van der Waals surface area contributed by atoms with E-state index in [-0.39, 0.29) is 19.1 Å².